The zero-order chi connectivity index (χ0) is 35.1. The van der Waals surface area contributed by atoms with Crippen molar-refractivity contribution in [3.05, 3.63) is 0 Å². The van der Waals surface area contributed by atoms with Gasteiger partial charge in [0, 0.05) is 24.9 Å². The van der Waals surface area contributed by atoms with E-state index in [2.05, 4.69) is 29.2 Å². The Morgan fingerprint density at radius 3 is 1.81 bits per heavy atom. The highest BCUT2D eigenvalue weighted by atomic mass is 32.2. The Balaban J connectivity index is 4.73. The van der Waals surface area contributed by atoms with Gasteiger partial charge in [-0.1, -0.05) is 104 Å². The van der Waals surface area contributed by atoms with Crippen molar-refractivity contribution in [1.29, 1.82) is 0 Å². The van der Waals surface area contributed by atoms with Crippen molar-refractivity contribution in [2.45, 2.75) is 161 Å². The minimum absolute atomic E-state index is 0.00254. The summed E-state index contributed by atoms with van der Waals surface area (Å²) in [5.41, 5.74) is 0. The van der Waals surface area contributed by atoms with Gasteiger partial charge in [-0.2, -0.15) is 11.8 Å². The number of hydrogen-bond acceptors (Lipinski definition) is 10. The number of amides is 2. The second-order valence-corrected chi connectivity index (χ2v) is 13.3. The molecule has 0 rings (SSSR count). The quantitative estimate of drug-likeness (QED) is 0.0463. The van der Waals surface area contributed by atoms with E-state index in [0.717, 1.165) is 45.6 Å². The second-order valence-electron chi connectivity index (χ2n) is 12.1. The van der Waals surface area contributed by atoms with Crippen molar-refractivity contribution >= 4 is 41.5 Å². The molecule has 0 aromatic heterocycles. The van der Waals surface area contributed by atoms with Gasteiger partial charge in [-0.15, -0.1) is 0 Å². The summed E-state index contributed by atoms with van der Waals surface area (Å²) in [6.45, 7) is 5.10. The van der Waals surface area contributed by atoms with Crippen LogP contribution >= 0.6 is 11.8 Å². The lowest BCUT2D eigenvalue weighted by Gasteiger charge is -2.20. The molecule has 47 heavy (non-hydrogen) atoms. The van der Waals surface area contributed by atoms with Gasteiger partial charge in [-0.05, 0) is 19.3 Å². The molecule has 3 unspecified atom stereocenters. The predicted octanol–water partition coefficient (Wildman–Crippen LogP) is 5.78. The first-order valence-corrected chi connectivity index (χ1v) is 19.0. The summed E-state index contributed by atoms with van der Waals surface area (Å²) in [4.78, 5) is 61.2. The van der Waals surface area contributed by atoms with Gasteiger partial charge in [-0.25, -0.2) is 4.79 Å². The van der Waals surface area contributed by atoms with E-state index in [4.69, 9.17) is 9.47 Å². The molecule has 0 aromatic rings. The molecule has 0 spiro atoms. The number of ether oxygens (including phenoxy) is 3. The molecule has 0 radical (unpaired) electrons. The number of esters is 3. The maximum absolute atomic E-state index is 12.7. The van der Waals surface area contributed by atoms with Crippen LogP contribution in [-0.4, -0.2) is 84.8 Å². The molecule has 0 saturated carbocycles. The third kappa shape index (κ3) is 26.3. The zero-order valence-electron chi connectivity index (χ0n) is 29.6. The van der Waals surface area contributed by atoms with Crippen molar-refractivity contribution in [2.75, 3.05) is 31.8 Å². The van der Waals surface area contributed by atoms with E-state index in [1.165, 1.54) is 82.9 Å². The molecule has 3 atom stereocenters. The molecule has 2 amide bonds. The minimum Gasteiger partial charge on any atom is -0.467 e. The third-order valence-electron chi connectivity index (χ3n) is 7.76. The molecule has 11 nitrogen and oxygen atoms in total. The van der Waals surface area contributed by atoms with Crippen LogP contribution in [0.3, 0.4) is 0 Å². The van der Waals surface area contributed by atoms with Gasteiger partial charge in [0.2, 0.25) is 11.8 Å². The van der Waals surface area contributed by atoms with Crippen LogP contribution in [0.2, 0.25) is 0 Å². The largest absolute Gasteiger partial charge is 0.467 e. The number of unbranched alkanes of at least 4 members (excludes halogenated alkanes) is 14. The lowest BCUT2D eigenvalue weighted by molar-refractivity contribution is -0.155. The third-order valence-corrected chi connectivity index (χ3v) is 8.78. The fourth-order valence-corrected chi connectivity index (χ4v) is 5.88. The predicted molar refractivity (Wildman–Crippen MR) is 186 cm³/mol. The topological polar surface area (TPSA) is 157 Å². The van der Waals surface area contributed by atoms with E-state index in [9.17, 15) is 29.1 Å². The number of carbonyl (C=O) groups excluding carboxylic acids is 5. The van der Waals surface area contributed by atoms with E-state index in [1.54, 1.807) is 0 Å². The SMILES string of the molecule is CCCCCCCCCCCC(CC(=O)OCCSCC(NC(C)=O)C(=O)NC(CO)C(=O)OC)OC(=O)CCCCCCCCC. The van der Waals surface area contributed by atoms with Crippen LogP contribution in [0.25, 0.3) is 0 Å². The second kappa shape index (κ2) is 31.0. The van der Waals surface area contributed by atoms with Gasteiger partial charge in [0.15, 0.2) is 6.04 Å². The van der Waals surface area contributed by atoms with Crippen molar-refractivity contribution in [1.82, 2.24) is 10.6 Å². The molecular formula is C35H64N2O9S. The highest BCUT2D eigenvalue weighted by Gasteiger charge is 2.26. The van der Waals surface area contributed by atoms with Crippen LogP contribution < -0.4 is 10.6 Å². The summed E-state index contributed by atoms with van der Waals surface area (Å²) in [7, 11) is 1.14. The molecule has 0 aliphatic heterocycles. The number of aliphatic hydroxyl groups excluding tert-OH is 1. The van der Waals surface area contributed by atoms with Crippen LogP contribution in [-0.2, 0) is 38.2 Å². The van der Waals surface area contributed by atoms with E-state index in [1.807, 2.05) is 0 Å². The van der Waals surface area contributed by atoms with Gasteiger partial charge in [0.05, 0.1) is 20.1 Å². The Morgan fingerprint density at radius 1 is 0.723 bits per heavy atom. The summed E-state index contributed by atoms with van der Waals surface area (Å²) in [5.74, 6) is -2.09. The number of thioether (sulfide) groups is 1. The number of carbonyl (C=O) groups is 5. The van der Waals surface area contributed by atoms with E-state index < -0.39 is 48.5 Å². The Labute approximate surface area is 287 Å². The highest BCUT2D eigenvalue weighted by molar-refractivity contribution is 7.99. The smallest absolute Gasteiger partial charge is 0.330 e. The molecule has 12 heteroatoms. The fourth-order valence-electron chi connectivity index (χ4n) is 5.04. The van der Waals surface area contributed by atoms with Crippen molar-refractivity contribution in [3.63, 3.8) is 0 Å². The first-order valence-electron chi connectivity index (χ1n) is 17.9. The van der Waals surface area contributed by atoms with Crippen molar-refractivity contribution < 1.29 is 43.3 Å². The minimum atomic E-state index is -1.25. The summed E-state index contributed by atoms with van der Waals surface area (Å²) in [6, 6.07) is -2.22. The Hall–Kier alpha value is -2.34. The van der Waals surface area contributed by atoms with Crippen molar-refractivity contribution in [2.24, 2.45) is 0 Å². The van der Waals surface area contributed by atoms with Gasteiger partial charge in [-0.3, -0.25) is 19.2 Å². The van der Waals surface area contributed by atoms with Crippen LogP contribution in [0.15, 0.2) is 0 Å². The Bertz CT molecular complexity index is 859. The first kappa shape index (κ1) is 44.7. The highest BCUT2D eigenvalue weighted by Crippen LogP contribution is 2.17. The standard InChI is InChI=1S/C35H64N2O9S/c1-5-7-9-11-13-14-16-17-19-21-29(46-32(40)22-20-18-15-12-10-8-6-2)25-33(41)45-23-24-47-27-31(36-28(3)39)34(42)37-30(26-38)35(43)44-4/h29-31,38H,5-27H2,1-4H3,(H,36,39)(H,37,42). The van der Waals surface area contributed by atoms with Gasteiger partial charge >= 0.3 is 17.9 Å². The van der Waals surface area contributed by atoms with Crippen LogP contribution in [0.4, 0.5) is 0 Å². The number of rotatable bonds is 31. The maximum atomic E-state index is 12.7. The molecular weight excluding hydrogens is 624 g/mol. The maximum Gasteiger partial charge on any atom is 0.330 e. The van der Waals surface area contributed by atoms with Crippen LogP contribution in [0.5, 0.6) is 0 Å². The average molecular weight is 689 g/mol. The number of aliphatic hydroxyl groups is 1. The molecule has 0 heterocycles. The summed E-state index contributed by atoms with van der Waals surface area (Å²) >= 11 is 1.28. The summed E-state index contributed by atoms with van der Waals surface area (Å²) < 4.78 is 15.7. The van der Waals surface area contributed by atoms with E-state index >= 15 is 0 Å². The molecule has 0 aliphatic rings. The van der Waals surface area contributed by atoms with Crippen LogP contribution in [0, 0.1) is 0 Å². The van der Waals surface area contributed by atoms with Crippen LogP contribution in [0.1, 0.15) is 143 Å². The molecule has 0 aromatic carbocycles. The molecule has 0 bridgehead atoms. The lowest BCUT2D eigenvalue weighted by atomic mass is 10.0. The first-order chi connectivity index (χ1) is 22.7. The average Bonchev–Trinajstić information content (AvgIpc) is 3.04. The number of nitrogens with one attached hydrogen (secondary N) is 2. The molecule has 0 aliphatic carbocycles. The van der Waals surface area contributed by atoms with Gasteiger partial charge in [0.1, 0.15) is 18.8 Å². The Kier molecular flexibility index (Phi) is 29.4. The fraction of sp³-hybridized carbons (Fsp3) is 0.857. The monoisotopic (exact) mass is 688 g/mol. The normalized spacial score (nSPS) is 12.9. The molecule has 3 N–H and O–H groups in total. The van der Waals surface area contributed by atoms with E-state index in [-0.39, 0.29) is 24.7 Å². The molecule has 0 saturated heterocycles. The van der Waals surface area contributed by atoms with Gasteiger partial charge < -0.3 is 30.0 Å². The number of methoxy groups -OCH3 is 1. The lowest BCUT2D eigenvalue weighted by Crippen LogP contribution is -2.53. The molecule has 0 fully saturated rings. The van der Waals surface area contributed by atoms with Gasteiger partial charge in [0.25, 0.3) is 0 Å². The molecule has 274 valence electrons. The Morgan fingerprint density at radius 2 is 1.28 bits per heavy atom. The van der Waals surface area contributed by atoms with Crippen molar-refractivity contribution in [3.8, 4) is 0 Å². The number of hydrogen-bond donors (Lipinski definition) is 3. The summed E-state index contributed by atoms with van der Waals surface area (Å²) in [5, 5.41) is 14.2. The van der Waals surface area contributed by atoms with E-state index in [0.29, 0.717) is 18.6 Å². The summed E-state index contributed by atoms with van der Waals surface area (Å²) in [6.07, 6.45) is 18.8. The zero-order valence-corrected chi connectivity index (χ0v) is 30.4.